The van der Waals surface area contributed by atoms with Crippen molar-refractivity contribution in [1.29, 1.82) is 0 Å². The molecule has 0 aliphatic carbocycles. The second-order valence-corrected chi connectivity index (χ2v) is 5.19. The molecule has 0 amide bonds. The van der Waals surface area contributed by atoms with Gasteiger partial charge in [0.1, 0.15) is 6.61 Å². The summed E-state index contributed by atoms with van der Waals surface area (Å²) in [6.45, 7) is 0.0711. The summed E-state index contributed by atoms with van der Waals surface area (Å²) in [5.74, 6) is -0.879. The molecule has 0 spiro atoms. The standard InChI is InChI=1S/C11H9Cl3O2/c12-11(13,14)10(15)16-8-4-7-9-5-2-1-3-6-9/h1-7H,8H2/b7-4+. The molecule has 16 heavy (non-hydrogen) atoms. The normalized spacial score (nSPS) is 11.7. The average molecular weight is 280 g/mol. The van der Waals surface area contributed by atoms with Gasteiger partial charge >= 0.3 is 5.97 Å². The monoisotopic (exact) mass is 278 g/mol. The van der Waals surface area contributed by atoms with Crippen molar-refractivity contribution >= 4 is 46.8 Å². The Hall–Kier alpha value is -0.700. The predicted molar refractivity (Wildman–Crippen MR) is 66.7 cm³/mol. The van der Waals surface area contributed by atoms with Gasteiger partial charge in [-0.1, -0.05) is 71.2 Å². The summed E-state index contributed by atoms with van der Waals surface area (Å²) in [5, 5.41) is 0. The maximum Gasteiger partial charge on any atom is 0.358 e. The van der Waals surface area contributed by atoms with Crippen LogP contribution in [0.15, 0.2) is 36.4 Å². The molecule has 0 saturated carbocycles. The molecule has 0 saturated heterocycles. The molecule has 0 aliphatic heterocycles. The quantitative estimate of drug-likeness (QED) is 0.624. The smallest absolute Gasteiger partial charge is 0.358 e. The van der Waals surface area contributed by atoms with Crippen molar-refractivity contribution in [3.8, 4) is 0 Å². The summed E-state index contributed by atoms with van der Waals surface area (Å²) in [6.07, 6.45) is 3.48. The van der Waals surface area contributed by atoms with Crippen molar-refractivity contribution in [2.24, 2.45) is 0 Å². The number of esters is 1. The fraction of sp³-hybridized carbons (Fsp3) is 0.182. The van der Waals surface area contributed by atoms with E-state index >= 15 is 0 Å². The van der Waals surface area contributed by atoms with Crippen LogP contribution in [-0.4, -0.2) is 16.4 Å². The van der Waals surface area contributed by atoms with Crippen LogP contribution in [0.2, 0.25) is 0 Å². The molecular formula is C11H9Cl3O2. The molecule has 1 aromatic rings. The molecule has 0 atom stereocenters. The maximum atomic E-state index is 11.0. The Balaban J connectivity index is 2.37. The van der Waals surface area contributed by atoms with Gasteiger partial charge in [-0.25, -0.2) is 4.79 Å². The van der Waals surface area contributed by atoms with E-state index in [2.05, 4.69) is 0 Å². The molecule has 2 nitrogen and oxygen atoms in total. The van der Waals surface area contributed by atoms with Crippen molar-refractivity contribution in [2.45, 2.75) is 3.79 Å². The highest BCUT2D eigenvalue weighted by Crippen LogP contribution is 2.27. The van der Waals surface area contributed by atoms with Gasteiger partial charge in [0.2, 0.25) is 0 Å². The van der Waals surface area contributed by atoms with E-state index in [1.54, 1.807) is 6.08 Å². The van der Waals surface area contributed by atoms with Crippen LogP contribution in [0.3, 0.4) is 0 Å². The Kier molecular flexibility index (Phi) is 5.13. The minimum atomic E-state index is -2.01. The van der Waals surface area contributed by atoms with Gasteiger partial charge in [0.25, 0.3) is 3.79 Å². The second kappa shape index (κ2) is 6.14. The highest BCUT2D eigenvalue weighted by atomic mass is 35.6. The minimum Gasteiger partial charge on any atom is -0.458 e. The summed E-state index contributed by atoms with van der Waals surface area (Å²) in [5.41, 5.74) is 1.01. The van der Waals surface area contributed by atoms with Gasteiger partial charge in [-0.15, -0.1) is 0 Å². The fourth-order valence-corrected chi connectivity index (χ4v) is 1.12. The van der Waals surface area contributed by atoms with Crippen molar-refractivity contribution < 1.29 is 9.53 Å². The zero-order chi connectivity index (χ0) is 12.0. The first-order valence-electron chi connectivity index (χ1n) is 4.45. The number of halogens is 3. The van der Waals surface area contributed by atoms with Crippen molar-refractivity contribution in [3.05, 3.63) is 42.0 Å². The van der Waals surface area contributed by atoms with E-state index in [1.165, 1.54) is 0 Å². The van der Waals surface area contributed by atoms with E-state index in [1.807, 2.05) is 36.4 Å². The predicted octanol–water partition coefficient (Wildman–Crippen LogP) is 3.61. The lowest BCUT2D eigenvalue weighted by molar-refractivity contribution is -0.141. The SMILES string of the molecule is O=C(OC/C=C/c1ccccc1)C(Cl)(Cl)Cl. The summed E-state index contributed by atoms with van der Waals surface area (Å²) >= 11 is 15.9. The molecule has 0 heterocycles. The van der Waals surface area contributed by atoms with Crippen LogP contribution in [0.5, 0.6) is 0 Å². The molecule has 0 N–H and O–H groups in total. The van der Waals surface area contributed by atoms with Gasteiger partial charge in [0.15, 0.2) is 0 Å². The highest BCUT2D eigenvalue weighted by molar-refractivity contribution is 6.75. The summed E-state index contributed by atoms with van der Waals surface area (Å²) < 4.78 is 2.69. The lowest BCUT2D eigenvalue weighted by Gasteiger charge is -2.08. The topological polar surface area (TPSA) is 26.3 Å². The zero-order valence-electron chi connectivity index (χ0n) is 8.20. The van der Waals surface area contributed by atoms with Crippen LogP contribution in [-0.2, 0) is 9.53 Å². The second-order valence-electron chi connectivity index (χ2n) is 2.91. The van der Waals surface area contributed by atoms with Crippen LogP contribution in [0, 0.1) is 0 Å². The molecule has 0 unspecified atom stereocenters. The summed E-state index contributed by atoms with van der Waals surface area (Å²) in [6, 6.07) is 9.58. The van der Waals surface area contributed by atoms with Crippen LogP contribution >= 0.6 is 34.8 Å². The average Bonchev–Trinajstić information content (AvgIpc) is 2.24. The number of alkyl halides is 3. The summed E-state index contributed by atoms with van der Waals surface area (Å²) in [4.78, 5) is 11.0. The molecular weight excluding hydrogens is 270 g/mol. The fourth-order valence-electron chi connectivity index (χ4n) is 0.954. The number of ether oxygens (including phenoxy) is 1. The Bertz CT molecular complexity index is 369. The van der Waals surface area contributed by atoms with Gasteiger partial charge in [0.05, 0.1) is 0 Å². The van der Waals surface area contributed by atoms with E-state index in [-0.39, 0.29) is 6.61 Å². The van der Waals surface area contributed by atoms with Crippen LogP contribution in [0.25, 0.3) is 6.08 Å². The third kappa shape index (κ3) is 4.88. The Labute approximate surface area is 109 Å². The van der Waals surface area contributed by atoms with E-state index in [9.17, 15) is 4.79 Å². The van der Waals surface area contributed by atoms with Gasteiger partial charge in [-0.2, -0.15) is 0 Å². The van der Waals surface area contributed by atoms with Gasteiger partial charge in [0, 0.05) is 0 Å². The summed E-state index contributed by atoms with van der Waals surface area (Å²) in [7, 11) is 0. The Morgan fingerprint density at radius 3 is 2.44 bits per heavy atom. The van der Waals surface area contributed by atoms with Gasteiger partial charge in [-0.3, -0.25) is 0 Å². The zero-order valence-corrected chi connectivity index (χ0v) is 10.5. The van der Waals surface area contributed by atoms with E-state index in [0.717, 1.165) is 5.56 Å². The molecule has 0 aliphatic rings. The first-order chi connectivity index (χ1) is 7.50. The molecule has 1 rings (SSSR count). The lowest BCUT2D eigenvalue weighted by atomic mass is 10.2. The van der Waals surface area contributed by atoms with E-state index in [4.69, 9.17) is 39.5 Å². The van der Waals surface area contributed by atoms with E-state index < -0.39 is 9.76 Å². The molecule has 0 radical (unpaired) electrons. The highest BCUT2D eigenvalue weighted by Gasteiger charge is 2.32. The van der Waals surface area contributed by atoms with Crippen molar-refractivity contribution in [3.63, 3.8) is 0 Å². The Morgan fingerprint density at radius 1 is 1.25 bits per heavy atom. The van der Waals surface area contributed by atoms with Crippen LogP contribution < -0.4 is 0 Å². The number of benzene rings is 1. The molecule has 86 valence electrons. The van der Waals surface area contributed by atoms with E-state index in [0.29, 0.717) is 0 Å². The van der Waals surface area contributed by atoms with Crippen molar-refractivity contribution in [2.75, 3.05) is 6.61 Å². The largest absolute Gasteiger partial charge is 0.458 e. The molecule has 5 heteroatoms. The van der Waals surface area contributed by atoms with Crippen LogP contribution in [0.4, 0.5) is 0 Å². The van der Waals surface area contributed by atoms with Gasteiger partial charge < -0.3 is 4.74 Å². The number of hydrogen-bond acceptors (Lipinski definition) is 2. The first-order valence-corrected chi connectivity index (χ1v) is 5.59. The maximum absolute atomic E-state index is 11.0. The third-order valence-corrected chi connectivity index (χ3v) is 2.11. The minimum absolute atomic E-state index is 0.0711. The molecule has 1 aromatic carbocycles. The van der Waals surface area contributed by atoms with Crippen LogP contribution in [0.1, 0.15) is 5.56 Å². The third-order valence-electron chi connectivity index (χ3n) is 1.65. The lowest BCUT2D eigenvalue weighted by Crippen LogP contribution is -2.21. The first kappa shape index (κ1) is 13.4. The molecule has 0 bridgehead atoms. The van der Waals surface area contributed by atoms with Gasteiger partial charge in [-0.05, 0) is 11.6 Å². The number of rotatable bonds is 3. The molecule has 0 aromatic heterocycles. The Morgan fingerprint density at radius 2 is 1.88 bits per heavy atom. The molecule has 0 fully saturated rings. The number of carbonyl (C=O) groups excluding carboxylic acids is 1. The number of hydrogen-bond donors (Lipinski definition) is 0. The van der Waals surface area contributed by atoms with Crippen molar-refractivity contribution in [1.82, 2.24) is 0 Å². The number of carbonyl (C=O) groups is 1.